The van der Waals surface area contributed by atoms with E-state index in [1.165, 1.54) is 0 Å². The van der Waals surface area contributed by atoms with Gasteiger partial charge in [0.2, 0.25) is 0 Å². The number of rotatable bonds is 6. The van der Waals surface area contributed by atoms with Crippen molar-refractivity contribution in [3.8, 4) is 0 Å². The second-order valence-corrected chi connectivity index (χ2v) is 3.60. The summed E-state index contributed by atoms with van der Waals surface area (Å²) < 4.78 is 4.72. The summed E-state index contributed by atoms with van der Waals surface area (Å²) >= 11 is 0. The van der Waals surface area contributed by atoms with E-state index in [4.69, 9.17) is 9.63 Å². The molecule has 0 aliphatic carbocycles. The molecule has 5 heteroatoms. The highest BCUT2D eigenvalue weighted by Gasteiger charge is 2.15. The van der Waals surface area contributed by atoms with Crippen molar-refractivity contribution in [2.24, 2.45) is 5.92 Å². The summed E-state index contributed by atoms with van der Waals surface area (Å²) in [7, 11) is 0. The van der Waals surface area contributed by atoms with E-state index in [0.29, 0.717) is 13.1 Å². The molecule has 1 heterocycles. The molecular formula is C10H16N2O3. The number of carboxylic acid groups (broad SMARTS) is 1. The molecule has 0 aliphatic heterocycles. The van der Waals surface area contributed by atoms with Gasteiger partial charge in [-0.25, -0.2) is 0 Å². The van der Waals surface area contributed by atoms with E-state index in [1.807, 2.05) is 11.8 Å². The van der Waals surface area contributed by atoms with Gasteiger partial charge in [0.1, 0.15) is 6.26 Å². The SMILES string of the molecule is CCN(Cc1cnoc1)CC(C)C(=O)O. The first kappa shape index (κ1) is 11.7. The largest absolute Gasteiger partial charge is 0.481 e. The van der Waals surface area contributed by atoms with Gasteiger partial charge in [0.05, 0.1) is 12.1 Å². The van der Waals surface area contributed by atoms with Crippen molar-refractivity contribution in [3.05, 3.63) is 18.0 Å². The van der Waals surface area contributed by atoms with Gasteiger partial charge in [0, 0.05) is 18.7 Å². The molecule has 0 radical (unpaired) electrons. The van der Waals surface area contributed by atoms with Gasteiger partial charge < -0.3 is 9.63 Å². The van der Waals surface area contributed by atoms with Crippen LogP contribution in [0.2, 0.25) is 0 Å². The monoisotopic (exact) mass is 212 g/mol. The van der Waals surface area contributed by atoms with E-state index in [2.05, 4.69) is 5.16 Å². The molecule has 0 amide bonds. The van der Waals surface area contributed by atoms with E-state index in [9.17, 15) is 4.79 Å². The van der Waals surface area contributed by atoms with Crippen LogP contribution in [-0.2, 0) is 11.3 Å². The van der Waals surface area contributed by atoms with Crippen LogP contribution in [0.25, 0.3) is 0 Å². The van der Waals surface area contributed by atoms with E-state index in [0.717, 1.165) is 12.1 Å². The predicted molar refractivity (Wildman–Crippen MR) is 54.3 cm³/mol. The van der Waals surface area contributed by atoms with Crippen molar-refractivity contribution in [2.45, 2.75) is 20.4 Å². The summed E-state index contributed by atoms with van der Waals surface area (Å²) in [6.07, 6.45) is 3.22. The molecule has 0 aromatic carbocycles. The Balaban J connectivity index is 2.46. The zero-order chi connectivity index (χ0) is 11.3. The molecule has 1 aromatic heterocycles. The molecule has 15 heavy (non-hydrogen) atoms. The Hall–Kier alpha value is -1.36. The van der Waals surface area contributed by atoms with Crippen LogP contribution in [0.15, 0.2) is 17.0 Å². The fourth-order valence-electron chi connectivity index (χ4n) is 1.33. The number of hydrogen-bond donors (Lipinski definition) is 1. The molecule has 0 saturated carbocycles. The molecule has 84 valence electrons. The van der Waals surface area contributed by atoms with Crippen LogP contribution in [0, 0.1) is 5.92 Å². The molecule has 0 bridgehead atoms. The lowest BCUT2D eigenvalue weighted by Gasteiger charge is -2.21. The average Bonchev–Trinajstić information content (AvgIpc) is 2.69. The highest BCUT2D eigenvalue weighted by molar-refractivity contribution is 5.69. The maximum absolute atomic E-state index is 10.7. The zero-order valence-corrected chi connectivity index (χ0v) is 9.01. The standard InChI is InChI=1S/C10H16N2O3/c1-3-12(5-8(2)10(13)14)6-9-4-11-15-7-9/h4,7-8H,3,5-6H2,1-2H3,(H,13,14). The highest BCUT2D eigenvalue weighted by atomic mass is 16.5. The van der Waals surface area contributed by atoms with Crippen LogP contribution in [-0.4, -0.2) is 34.2 Å². The Bertz CT molecular complexity index is 298. The Kier molecular flexibility index (Phi) is 4.30. The first-order chi connectivity index (χ1) is 7.13. The molecule has 0 saturated heterocycles. The minimum absolute atomic E-state index is 0.357. The summed E-state index contributed by atoms with van der Waals surface area (Å²) in [6, 6.07) is 0. The summed E-state index contributed by atoms with van der Waals surface area (Å²) in [5.41, 5.74) is 0.967. The molecule has 5 nitrogen and oxygen atoms in total. The fraction of sp³-hybridized carbons (Fsp3) is 0.600. The maximum Gasteiger partial charge on any atom is 0.307 e. The van der Waals surface area contributed by atoms with Gasteiger partial charge in [-0.2, -0.15) is 0 Å². The number of aromatic nitrogens is 1. The van der Waals surface area contributed by atoms with Gasteiger partial charge in [-0.1, -0.05) is 19.0 Å². The molecule has 1 atom stereocenters. The molecule has 1 rings (SSSR count). The second-order valence-electron chi connectivity index (χ2n) is 3.60. The lowest BCUT2D eigenvalue weighted by molar-refractivity contribution is -0.141. The third-order valence-corrected chi connectivity index (χ3v) is 2.29. The third kappa shape index (κ3) is 3.71. The number of hydrogen-bond acceptors (Lipinski definition) is 4. The lowest BCUT2D eigenvalue weighted by Crippen LogP contribution is -2.31. The van der Waals surface area contributed by atoms with Crippen molar-refractivity contribution >= 4 is 5.97 Å². The first-order valence-corrected chi connectivity index (χ1v) is 4.97. The molecule has 0 fully saturated rings. The minimum Gasteiger partial charge on any atom is -0.481 e. The van der Waals surface area contributed by atoms with E-state index in [1.54, 1.807) is 19.4 Å². The lowest BCUT2D eigenvalue weighted by atomic mass is 10.1. The third-order valence-electron chi connectivity index (χ3n) is 2.29. The van der Waals surface area contributed by atoms with Gasteiger partial charge >= 0.3 is 5.97 Å². The van der Waals surface area contributed by atoms with Crippen LogP contribution in [0.1, 0.15) is 19.4 Å². The van der Waals surface area contributed by atoms with Gasteiger partial charge in [-0.3, -0.25) is 9.69 Å². The van der Waals surface area contributed by atoms with Crippen LogP contribution < -0.4 is 0 Å². The number of aliphatic carboxylic acids is 1. The van der Waals surface area contributed by atoms with Crippen LogP contribution >= 0.6 is 0 Å². The van der Waals surface area contributed by atoms with Crippen molar-refractivity contribution in [2.75, 3.05) is 13.1 Å². The van der Waals surface area contributed by atoms with E-state index < -0.39 is 5.97 Å². The van der Waals surface area contributed by atoms with E-state index in [-0.39, 0.29) is 5.92 Å². The summed E-state index contributed by atoms with van der Waals surface area (Å²) in [5, 5.41) is 12.4. The van der Waals surface area contributed by atoms with Gasteiger partial charge in [0.25, 0.3) is 0 Å². The molecule has 0 aliphatic rings. The normalized spacial score (nSPS) is 13.0. The number of nitrogens with zero attached hydrogens (tertiary/aromatic N) is 2. The highest BCUT2D eigenvalue weighted by Crippen LogP contribution is 2.06. The van der Waals surface area contributed by atoms with Crippen molar-refractivity contribution in [3.63, 3.8) is 0 Å². The van der Waals surface area contributed by atoms with Crippen molar-refractivity contribution in [1.82, 2.24) is 10.1 Å². The van der Waals surface area contributed by atoms with E-state index >= 15 is 0 Å². The first-order valence-electron chi connectivity index (χ1n) is 4.97. The van der Waals surface area contributed by atoms with Gasteiger partial charge in [0.15, 0.2) is 0 Å². The molecule has 1 aromatic rings. The Morgan fingerprint density at radius 1 is 1.73 bits per heavy atom. The second kappa shape index (κ2) is 5.50. The quantitative estimate of drug-likeness (QED) is 0.767. The predicted octanol–water partition coefficient (Wildman–Crippen LogP) is 1.22. The fourth-order valence-corrected chi connectivity index (χ4v) is 1.33. The van der Waals surface area contributed by atoms with Crippen LogP contribution in [0.4, 0.5) is 0 Å². The van der Waals surface area contributed by atoms with Crippen molar-refractivity contribution in [1.29, 1.82) is 0 Å². The Labute approximate surface area is 88.7 Å². The Morgan fingerprint density at radius 3 is 2.93 bits per heavy atom. The molecule has 0 spiro atoms. The van der Waals surface area contributed by atoms with Crippen LogP contribution in [0.3, 0.4) is 0 Å². The number of carbonyl (C=O) groups is 1. The summed E-state index contributed by atoms with van der Waals surface area (Å²) in [4.78, 5) is 12.7. The molecule has 1 N–H and O–H groups in total. The van der Waals surface area contributed by atoms with Gasteiger partial charge in [-0.15, -0.1) is 0 Å². The van der Waals surface area contributed by atoms with Crippen LogP contribution in [0.5, 0.6) is 0 Å². The smallest absolute Gasteiger partial charge is 0.307 e. The summed E-state index contributed by atoms with van der Waals surface area (Å²) in [5.74, 6) is -1.12. The van der Waals surface area contributed by atoms with Gasteiger partial charge in [-0.05, 0) is 6.54 Å². The molecule has 1 unspecified atom stereocenters. The van der Waals surface area contributed by atoms with Crippen molar-refractivity contribution < 1.29 is 14.4 Å². The molecular weight excluding hydrogens is 196 g/mol. The minimum atomic E-state index is -0.765. The summed E-state index contributed by atoms with van der Waals surface area (Å²) in [6.45, 7) is 5.73. The maximum atomic E-state index is 10.7. The topological polar surface area (TPSA) is 66.6 Å². The Morgan fingerprint density at radius 2 is 2.47 bits per heavy atom. The average molecular weight is 212 g/mol. The zero-order valence-electron chi connectivity index (χ0n) is 9.01. The number of carboxylic acids is 1.